The number of carbonyl (C=O) groups is 7. The lowest BCUT2D eigenvalue weighted by Gasteiger charge is -2.19. The van der Waals surface area contributed by atoms with Gasteiger partial charge in [0, 0.05) is 32.0 Å². The highest BCUT2D eigenvalue weighted by Crippen LogP contribution is 2.10. The van der Waals surface area contributed by atoms with Gasteiger partial charge in [0.25, 0.3) is 0 Å². The molecule has 0 fully saturated rings. The van der Waals surface area contributed by atoms with Gasteiger partial charge in [-0.2, -0.15) is 0 Å². The van der Waals surface area contributed by atoms with E-state index in [2.05, 4.69) is 36.6 Å². The molecule has 1 atom stereocenters. The Morgan fingerprint density at radius 1 is 0.696 bits per heavy atom. The molecule has 0 aliphatic rings. The number of nitrogens with one attached hydrogen (secondary N) is 6. The molecule has 6 amide bonds. The predicted octanol–water partition coefficient (Wildman–Crippen LogP) is 0.592. The molecule has 2 rings (SSSR count). The molecule has 15 nitrogen and oxygen atoms in total. The highest BCUT2D eigenvalue weighted by molar-refractivity contribution is 5.96. The molecule has 0 spiro atoms. The van der Waals surface area contributed by atoms with Crippen molar-refractivity contribution < 1.29 is 43.4 Å². The lowest BCUT2D eigenvalue weighted by atomic mass is 10.1. The molecule has 0 radical (unpaired) electrons. The van der Waals surface area contributed by atoms with Gasteiger partial charge in [0.15, 0.2) is 0 Å². The molecule has 1 unspecified atom stereocenters. The van der Waals surface area contributed by atoms with Crippen LogP contribution in [0.25, 0.3) is 0 Å². The Morgan fingerprint density at radius 2 is 1.35 bits per heavy atom. The molecule has 15 heteroatoms. The van der Waals surface area contributed by atoms with Gasteiger partial charge in [0.2, 0.25) is 35.4 Å². The monoisotopic (exact) mass is 640 g/mol. The second-order valence-electron chi connectivity index (χ2n) is 10.2. The van der Waals surface area contributed by atoms with Crippen LogP contribution in [0.3, 0.4) is 0 Å². The third kappa shape index (κ3) is 16.4. The lowest BCUT2D eigenvalue weighted by Crippen LogP contribution is -2.52. The Kier molecular flexibility index (Phi) is 16.3. The third-order valence-electron chi connectivity index (χ3n) is 6.30. The number of hydrogen-bond acceptors (Lipinski definition) is 8. The third-order valence-corrected chi connectivity index (χ3v) is 6.30. The Hall–Kier alpha value is -5.47. The van der Waals surface area contributed by atoms with Crippen molar-refractivity contribution in [2.45, 2.75) is 51.7 Å². The summed E-state index contributed by atoms with van der Waals surface area (Å²) in [5.74, 6) is -2.81. The first-order valence-corrected chi connectivity index (χ1v) is 14.6. The van der Waals surface area contributed by atoms with E-state index in [9.17, 15) is 33.6 Å². The van der Waals surface area contributed by atoms with Gasteiger partial charge in [-0.05, 0) is 36.1 Å². The second kappa shape index (κ2) is 20.5. The van der Waals surface area contributed by atoms with E-state index in [-0.39, 0.29) is 37.8 Å². The van der Waals surface area contributed by atoms with Gasteiger partial charge >= 0.3 is 6.16 Å². The number of unbranched alkanes of at least 4 members (excludes halogenated alkanes) is 2. The fraction of sp³-hybridized carbons (Fsp3) is 0.387. The molecule has 0 saturated carbocycles. The Balaban J connectivity index is 1.79. The zero-order chi connectivity index (χ0) is 33.7. The standard InChI is InChI=1S/C31H40N6O9/c1-21(38)32-15-7-3-6-10-26(39)33-17-27(40)34-18-29(42)37-25(16-22-8-4-2-5-9-22)30(43)35-19-28(41)36-24-13-11-23(12-14-24)20-46-31(44)45/h2,4-5,8-9,11-14,25H,3,6-7,10,15-20H2,1H3,(H,32,38)(H,33,39)(H,34,40)(H,35,43)(H,36,41)(H,37,42)(H,44,45). The van der Waals surface area contributed by atoms with Gasteiger partial charge < -0.3 is 41.7 Å². The van der Waals surface area contributed by atoms with Crippen LogP contribution in [0.15, 0.2) is 54.6 Å². The first kappa shape index (κ1) is 36.7. The minimum atomic E-state index is -1.40. The predicted molar refractivity (Wildman–Crippen MR) is 166 cm³/mol. The normalized spacial score (nSPS) is 10.9. The fourth-order valence-corrected chi connectivity index (χ4v) is 3.99. The zero-order valence-corrected chi connectivity index (χ0v) is 25.6. The van der Waals surface area contributed by atoms with Crippen molar-refractivity contribution in [2.24, 2.45) is 0 Å². The van der Waals surface area contributed by atoms with Crippen molar-refractivity contribution in [3.63, 3.8) is 0 Å². The zero-order valence-electron chi connectivity index (χ0n) is 25.6. The van der Waals surface area contributed by atoms with Crippen LogP contribution in [-0.2, 0) is 46.5 Å². The number of carbonyl (C=O) groups excluding carboxylic acids is 6. The van der Waals surface area contributed by atoms with E-state index >= 15 is 0 Å². The van der Waals surface area contributed by atoms with Crippen LogP contribution >= 0.6 is 0 Å². The quantitative estimate of drug-likeness (QED) is 0.0842. The number of rotatable bonds is 19. The van der Waals surface area contributed by atoms with Crippen molar-refractivity contribution in [3.05, 3.63) is 65.7 Å². The minimum Gasteiger partial charge on any atom is -0.450 e. The van der Waals surface area contributed by atoms with Crippen molar-refractivity contribution >= 4 is 47.3 Å². The summed E-state index contributed by atoms with van der Waals surface area (Å²) in [6.45, 7) is 0.677. The van der Waals surface area contributed by atoms with E-state index in [0.717, 1.165) is 18.4 Å². The second-order valence-corrected chi connectivity index (χ2v) is 10.2. The maximum Gasteiger partial charge on any atom is 0.506 e. The number of hydrogen-bond donors (Lipinski definition) is 7. The molecule has 0 bridgehead atoms. The molecule has 0 aromatic heterocycles. The van der Waals surface area contributed by atoms with E-state index in [1.54, 1.807) is 54.6 Å². The highest BCUT2D eigenvalue weighted by Gasteiger charge is 2.22. The van der Waals surface area contributed by atoms with Gasteiger partial charge in [0.05, 0.1) is 19.6 Å². The molecular formula is C31H40N6O9. The average Bonchev–Trinajstić information content (AvgIpc) is 3.03. The molecular weight excluding hydrogens is 600 g/mol. The van der Waals surface area contributed by atoms with Crippen LogP contribution < -0.4 is 31.9 Å². The highest BCUT2D eigenvalue weighted by atomic mass is 16.7. The van der Waals surface area contributed by atoms with Crippen molar-refractivity contribution in [3.8, 4) is 0 Å². The van der Waals surface area contributed by atoms with Gasteiger partial charge in [-0.1, -0.05) is 48.9 Å². The summed E-state index contributed by atoms with van der Waals surface area (Å²) >= 11 is 0. The summed E-state index contributed by atoms with van der Waals surface area (Å²) in [5.41, 5.74) is 1.75. The minimum absolute atomic E-state index is 0.110. The van der Waals surface area contributed by atoms with Crippen LogP contribution in [0, 0.1) is 0 Å². The summed E-state index contributed by atoms with van der Waals surface area (Å²) < 4.78 is 4.49. The van der Waals surface area contributed by atoms with Gasteiger partial charge in [-0.25, -0.2) is 4.79 Å². The number of carboxylic acid groups (broad SMARTS) is 1. The largest absolute Gasteiger partial charge is 0.506 e. The molecule has 0 aliphatic carbocycles. The molecule has 0 heterocycles. The summed E-state index contributed by atoms with van der Waals surface area (Å²) in [6, 6.07) is 14.1. The smallest absolute Gasteiger partial charge is 0.450 e. The maximum absolute atomic E-state index is 13.0. The summed E-state index contributed by atoms with van der Waals surface area (Å²) in [5, 5.41) is 23.8. The maximum atomic E-state index is 13.0. The Morgan fingerprint density at radius 3 is 2.02 bits per heavy atom. The fourth-order valence-electron chi connectivity index (χ4n) is 3.99. The lowest BCUT2D eigenvalue weighted by molar-refractivity contribution is -0.130. The van der Waals surface area contributed by atoms with Crippen molar-refractivity contribution in [2.75, 3.05) is 31.5 Å². The number of ether oxygens (including phenoxy) is 1. The van der Waals surface area contributed by atoms with Crippen LogP contribution in [0.5, 0.6) is 0 Å². The molecule has 46 heavy (non-hydrogen) atoms. The van der Waals surface area contributed by atoms with E-state index in [1.807, 2.05) is 0 Å². The molecule has 0 aliphatic heterocycles. The summed E-state index contributed by atoms with van der Waals surface area (Å²) in [4.78, 5) is 83.5. The Labute approximate surface area is 266 Å². The summed E-state index contributed by atoms with van der Waals surface area (Å²) in [6.07, 6.45) is 1.02. The molecule has 2 aromatic rings. The topological polar surface area (TPSA) is 221 Å². The summed E-state index contributed by atoms with van der Waals surface area (Å²) in [7, 11) is 0. The SMILES string of the molecule is CC(=O)NCCCCCC(=O)NCC(=O)NCC(=O)NC(Cc1ccccc1)C(=O)NCC(=O)Nc1ccc(COC(=O)O)cc1. The van der Waals surface area contributed by atoms with E-state index < -0.39 is 48.9 Å². The Bertz CT molecular complexity index is 1340. The van der Waals surface area contributed by atoms with Crippen molar-refractivity contribution in [1.29, 1.82) is 0 Å². The first-order chi connectivity index (χ1) is 22.0. The number of amides is 6. The van der Waals surface area contributed by atoms with Gasteiger partial charge in [0.1, 0.15) is 12.6 Å². The van der Waals surface area contributed by atoms with Crippen molar-refractivity contribution in [1.82, 2.24) is 26.6 Å². The average molecular weight is 641 g/mol. The molecule has 7 N–H and O–H groups in total. The van der Waals surface area contributed by atoms with Crippen LogP contribution in [0.2, 0.25) is 0 Å². The molecule has 2 aromatic carbocycles. The van der Waals surface area contributed by atoms with Crippen LogP contribution in [-0.4, -0.2) is 78.9 Å². The molecule has 248 valence electrons. The van der Waals surface area contributed by atoms with Gasteiger partial charge in [-0.3, -0.25) is 28.8 Å². The number of benzene rings is 2. The van der Waals surface area contributed by atoms with Gasteiger partial charge in [-0.15, -0.1) is 0 Å². The van der Waals surface area contributed by atoms with E-state index in [0.29, 0.717) is 24.2 Å². The van der Waals surface area contributed by atoms with E-state index in [1.165, 1.54) is 6.92 Å². The number of anilines is 1. The van der Waals surface area contributed by atoms with E-state index in [4.69, 9.17) is 5.11 Å². The first-order valence-electron chi connectivity index (χ1n) is 14.6. The molecule has 0 saturated heterocycles. The van der Waals surface area contributed by atoms with Crippen LogP contribution in [0.4, 0.5) is 10.5 Å². The van der Waals surface area contributed by atoms with Crippen LogP contribution in [0.1, 0.15) is 43.7 Å².